The summed E-state index contributed by atoms with van der Waals surface area (Å²) in [6, 6.07) is 7.19. The number of ether oxygens (including phenoxy) is 1. The molecule has 0 radical (unpaired) electrons. The Morgan fingerprint density at radius 1 is 1.29 bits per heavy atom. The fourth-order valence-electron chi connectivity index (χ4n) is 2.11. The zero-order valence-corrected chi connectivity index (χ0v) is 14.3. The smallest absolute Gasteiger partial charge is 0.412 e. The molecule has 1 N–H and O–H groups in total. The second-order valence-electron chi connectivity index (χ2n) is 5.44. The average Bonchev–Trinajstić information content (AvgIpc) is 2.98. The van der Waals surface area contributed by atoms with Crippen LogP contribution in [0.3, 0.4) is 0 Å². The number of hydrogen-bond acceptors (Lipinski definition) is 4. The number of Topliss-reactive ketones (excluding diaryl/α,β-unsaturated/α-hetero) is 1. The van der Waals surface area contributed by atoms with Crippen molar-refractivity contribution in [2.24, 2.45) is 0 Å². The van der Waals surface area contributed by atoms with Gasteiger partial charge in [-0.05, 0) is 25.8 Å². The summed E-state index contributed by atoms with van der Waals surface area (Å²) in [6.07, 6.45) is 4.99. The number of unbranched alkanes of at least 4 members (excludes halogenated alkanes) is 1. The molecule has 1 amide bonds. The van der Waals surface area contributed by atoms with Gasteiger partial charge in [0.05, 0.1) is 11.9 Å². The second-order valence-corrected chi connectivity index (χ2v) is 5.85. The van der Waals surface area contributed by atoms with Crippen LogP contribution in [0.15, 0.2) is 36.7 Å². The molecule has 0 spiro atoms. The molecule has 2 aromatic rings. The summed E-state index contributed by atoms with van der Waals surface area (Å²) in [7, 11) is 0. The van der Waals surface area contributed by atoms with E-state index in [0.29, 0.717) is 23.7 Å². The Morgan fingerprint density at radius 3 is 2.83 bits per heavy atom. The average molecular weight is 350 g/mol. The third-order valence-electron chi connectivity index (χ3n) is 3.36. The van der Waals surface area contributed by atoms with Crippen molar-refractivity contribution in [2.75, 3.05) is 5.32 Å². The van der Waals surface area contributed by atoms with E-state index in [4.69, 9.17) is 16.3 Å². The first kappa shape index (κ1) is 18.0. The fraction of sp³-hybridized carbons (Fsp3) is 0.353. The van der Waals surface area contributed by atoms with E-state index >= 15 is 0 Å². The lowest BCUT2D eigenvalue weighted by Gasteiger charge is -2.06. The van der Waals surface area contributed by atoms with Gasteiger partial charge in [0.1, 0.15) is 12.4 Å². The summed E-state index contributed by atoms with van der Waals surface area (Å²) in [6.45, 7) is 2.39. The summed E-state index contributed by atoms with van der Waals surface area (Å²) in [5.74, 6) is 0.194. The highest BCUT2D eigenvalue weighted by Crippen LogP contribution is 2.16. The summed E-state index contributed by atoms with van der Waals surface area (Å²) in [5.41, 5.74) is 1.31. The van der Waals surface area contributed by atoms with Crippen LogP contribution in [0.5, 0.6) is 0 Å². The van der Waals surface area contributed by atoms with Crippen LogP contribution in [0.2, 0.25) is 5.02 Å². The topological polar surface area (TPSA) is 73.2 Å². The SMILES string of the molecule is CC(=O)CCCCn1cc(NC(=O)OCc2ccccc2Cl)cn1. The standard InChI is InChI=1S/C17H20ClN3O3/c1-13(22)6-4-5-9-21-11-15(10-19-21)20-17(23)24-12-14-7-2-3-8-16(14)18/h2-3,7-8,10-11H,4-6,9,12H2,1H3,(H,20,23). The Morgan fingerprint density at radius 2 is 2.08 bits per heavy atom. The van der Waals surface area contributed by atoms with Crippen molar-refractivity contribution in [3.8, 4) is 0 Å². The predicted molar refractivity (Wildman–Crippen MR) is 92.0 cm³/mol. The highest BCUT2D eigenvalue weighted by atomic mass is 35.5. The Labute approximate surface area is 145 Å². The number of anilines is 1. The summed E-state index contributed by atoms with van der Waals surface area (Å²) in [5, 5.41) is 7.34. The van der Waals surface area contributed by atoms with E-state index in [9.17, 15) is 9.59 Å². The molecule has 0 fully saturated rings. The number of hydrogen-bond donors (Lipinski definition) is 1. The van der Waals surface area contributed by atoms with Gasteiger partial charge in [-0.1, -0.05) is 29.8 Å². The largest absolute Gasteiger partial charge is 0.444 e. The van der Waals surface area contributed by atoms with Gasteiger partial charge in [0, 0.05) is 29.7 Å². The normalized spacial score (nSPS) is 10.4. The zero-order valence-electron chi connectivity index (χ0n) is 13.5. The Kier molecular flexibility index (Phi) is 6.81. The molecule has 0 atom stereocenters. The molecule has 6 nitrogen and oxygen atoms in total. The molecular formula is C17H20ClN3O3. The van der Waals surface area contributed by atoms with Gasteiger partial charge in [-0.2, -0.15) is 5.10 Å². The predicted octanol–water partition coefficient (Wildman–Crippen LogP) is 4.04. The Hall–Kier alpha value is -2.34. The van der Waals surface area contributed by atoms with Crippen LogP contribution in [-0.2, 0) is 22.7 Å². The number of ketones is 1. The van der Waals surface area contributed by atoms with Gasteiger partial charge in [0.2, 0.25) is 0 Å². The molecule has 0 bridgehead atoms. The van der Waals surface area contributed by atoms with Crippen molar-refractivity contribution < 1.29 is 14.3 Å². The van der Waals surface area contributed by atoms with Crippen LogP contribution in [0.25, 0.3) is 0 Å². The van der Waals surface area contributed by atoms with Crippen LogP contribution in [0, 0.1) is 0 Å². The number of halogens is 1. The van der Waals surface area contributed by atoms with Crippen molar-refractivity contribution in [1.82, 2.24) is 9.78 Å². The molecule has 0 saturated heterocycles. The number of nitrogens with one attached hydrogen (secondary N) is 1. The number of aryl methyl sites for hydroxylation is 1. The highest BCUT2D eigenvalue weighted by Gasteiger charge is 2.07. The molecule has 128 valence electrons. The van der Waals surface area contributed by atoms with Crippen LogP contribution in [-0.4, -0.2) is 21.7 Å². The number of rotatable bonds is 8. The van der Waals surface area contributed by atoms with Gasteiger partial charge < -0.3 is 9.53 Å². The summed E-state index contributed by atoms with van der Waals surface area (Å²) < 4.78 is 6.86. The van der Waals surface area contributed by atoms with Gasteiger partial charge in [0.15, 0.2) is 0 Å². The molecule has 7 heteroatoms. The third-order valence-corrected chi connectivity index (χ3v) is 3.73. The molecular weight excluding hydrogens is 330 g/mol. The second kappa shape index (κ2) is 9.08. The number of nitrogens with zero attached hydrogens (tertiary/aromatic N) is 2. The minimum atomic E-state index is -0.564. The quantitative estimate of drug-likeness (QED) is 0.730. The lowest BCUT2D eigenvalue weighted by molar-refractivity contribution is -0.117. The van der Waals surface area contributed by atoms with E-state index < -0.39 is 6.09 Å². The van der Waals surface area contributed by atoms with E-state index in [1.165, 1.54) is 0 Å². The van der Waals surface area contributed by atoms with Crippen molar-refractivity contribution in [3.63, 3.8) is 0 Å². The van der Waals surface area contributed by atoms with E-state index in [1.54, 1.807) is 36.1 Å². The first-order chi connectivity index (χ1) is 11.5. The van der Waals surface area contributed by atoms with Gasteiger partial charge in [0.25, 0.3) is 0 Å². The fourth-order valence-corrected chi connectivity index (χ4v) is 2.30. The minimum absolute atomic E-state index is 0.102. The lowest BCUT2D eigenvalue weighted by Crippen LogP contribution is -2.13. The van der Waals surface area contributed by atoms with Crippen LogP contribution in [0.4, 0.5) is 10.5 Å². The maximum Gasteiger partial charge on any atom is 0.412 e. The third kappa shape index (κ3) is 6.04. The van der Waals surface area contributed by atoms with Gasteiger partial charge in [-0.25, -0.2) is 4.79 Å². The molecule has 1 aromatic heterocycles. The Bertz CT molecular complexity index is 700. The molecule has 0 aliphatic carbocycles. The van der Waals surface area contributed by atoms with E-state index in [2.05, 4.69) is 10.4 Å². The first-order valence-electron chi connectivity index (χ1n) is 7.73. The molecule has 2 rings (SSSR count). The molecule has 0 aliphatic rings. The van der Waals surface area contributed by atoms with E-state index in [0.717, 1.165) is 18.4 Å². The summed E-state index contributed by atoms with van der Waals surface area (Å²) >= 11 is 6.01. The number of benzene rings is 1. The van der Waals surface area contributed by atoms with Crippen molar-refractivity contribution in [2.45, 2.75) is 39.3 Å². The van der Waals surface area contributed by atoms with Crippen LogP contribution >= 0.6 is 11.6 Å². The molecule has 24 heavy (non-hydrogen) atoms. The van der Waals surface area contributed by atoms with Gasteiger partial charge in [-0.3, -0.25) is 10.00 Å². The maximum atomic E-state index is 11.8. The number of aromatic nitrogens is 2. The van der Waals surface area contributed by atoms with Crippen LogP contribution in [0.1, 0.15) is 31.7 Å². The molecule has 0 saturated carbocycles. The van der Waals surface area contributed by atoms with Crippen molar-refractivity contribution in [3.05, 3.63) is 47.2 Å². The molecule has 0 unspecified atom stereocenters. The number of amides is 1. The number of carbonyl (C=O) groups is 2. The Balaban J connectivity index is 1.74. The molecule has 1 heterocycles. The van der Waals surface area contributed by atoms with E-state index in [-0.39, 0.29) is 12.4 Å². The monoisotopic (exact) mass is 349 g/mol. The maximum absolute atomic E-state index is 11.8. The van der Waals surface area contributed by atoms with Crippen molar-refractivity contribution in [1.29, 1.82) is 0 Å². The number of carbonyl (C=O) groups excluding carboxylic acids is 2. The minimum Gasteiger partial charge on any atom is -0.444 e. The van der Waals surface area contributed by atoms with Crippen molar-refractivity contribution >= 4 is 29.2 Å². The zero-order chi connectivity index (χ0) is 17.4. The van der Waals surface area contributed by atoms with Gasteiger partial charge >= 0.3 is 6.09 Å². The first-order valence-corrected chi connectivity index (χ1v) is 8.11. The highest BCUT2D eigenvalue weighted by molar-refractivity contribution is 6.31. The molecule has 1 aromatic carbocycles. The lowest BCUT2D eigenvalue weighted by atomic mass is 10.2. The van der Waals surface area contributed by atoms with E-state index in [1.807, 2.05) is 12.1 Å². The van der Waals surface area contributed by atoms with Crippen LogP contribution < -0.4 is 5.32 Å². The van der Waals surface area contributed by atoms with Gasteiger partial charge in [-0.15, -0.1) is 0 Å². The molecule has 0 aliphatic heterocycles. The summed E-state index contributed by atoms with van der Waals surface area (Å²) in [4.78, 5) is 22.7.